The van der Waals surface area contributed by atoms with Crippen molar-refractivity contribution in [2.75, 3.05) is 26.4 Å². The molecule has 0 aliphatic heterocycles. The molecule has 1 unspecified atom stereocenters. The van der Waals surface area contributed by atoms with Crippen LogP contribution < -0.4 is 5.73 Å². The summed E-state index contributed by atoms with van der Waals surface area (Å²) in [5.74, 6) is 0. The summed E-state index contributed by atoms with van der Waals surface area (Å²) in [5.41, 5.74) is 5.23. The van der Waals surface area contributed by atoms with E-state index in [0.717, 1.165) is 6.42 Å². The quantitative estimate of drug-likeness (QED) is 0.400. The van der Waals surface area contributed by atoms with E-state index in [-0.39, 0.29) is 6.61 Å². The van der Waals surface area contributed by atoms with Gasteiger partial charge >= 0.3 is 0 Å². The third kappa shape index (κ3) is 7.74. The van der Waals surface area contributed by atoms with E-state index in [0.29, 0.717) is 19.8 Å². The maximum Gasteiger partial charge on any atom is 0.178 e. The van der Waals surface area contributed by atoms with Gasteiger partial charge in [-0.25, -0.2) is 0 Å². The molecule has 0 amide bonds. The van der Waals surface area contributed by atoms with Crippen LogP contribution in [0.4, 0.5) is 0 Å². The van der Waals surface area contributed by atoms with E-state index in [2.05, 4.69) is 0 Å². The topological polar surface area (TPSA) is 64.7 Å². The van der Waals surface area contributed by atoms with Gasteiger partial charge in [0.2, 0.25) is 0 Å². The number of aliphatic hydroxyl groups excluding tert-OH is 1. The zero-order chi connectivity index (χ0) is 8.53. The lowest BCUT2D eigenvalue weighted by Gasteiger charge is -2.10. The van der Waals surface area contributed by atoms with Crippen LogP contribution in [0.3, 0.4) is 0 Å². The third-order valence-corrected chi connectivity index (χ3v) is 1.11. The van der Waals surface area contributed by atoms with Gasteiger partial charge in [0.15, 0.2) is 6.29 Å². The first kappa shape index (κ1) is 10.8. The molecule has 1 atom stereocenters. The fraction of sp³-hybridized carbons (Fsp3) is 1.00. The predicted octanol–water partition coefficient (Wildman–Crippen LogP) is -0.293. The highest BCUT2D eigenvalue weighted by atomic mass is 16.6. The standard InChI is InChI=1S/C7H17NO3/c1-2-11-7(9)6-10-5-3-4-8/h7,9H,2-6,8H2,1H3. The number of hydrogen-bond donors (Lipinski definition) is 2. The first-order valence-electron chi connectivity index (χ1n) is 3.88. The Balaban J connectivity index is 2.97. The fourth-order valence-electron chi connectivity index (χ4n) is 0.610. The second-order valence-electron chi connectivity index (χ2n) is 2.13. The SMILES string of the molecule is CCOC(O)COCCCN. The van der Waals surface area contributed by atoms with Crippen LogP contribution in [-0.2, 0) is 9.47 Å². The third-order valence-electron chi connectivity index (χ3n) is 1.11. The van der Waals surface area contributed by atoms with E-state index in [1.165, 1.54) is 0 Å². The number of ether oxygens (including phenoxy) is 2. The minimum Gasteiger partial charge on any atom is -0.376 e. The van der Waals surface area contributed by atoms with E-state index in [1.54, 1.807) is 0 Å². The average Bonchev–Trinajstić information content (AvgIpc) is 1.99. The van der Waals surface area contributed by atoms with Crippen LogP contribution in [0, 0.1) is 0 Å². The van der Waals surface area contributed by atoms with Gasteiger partial charge in [0, 0.05) is 13.2 Å². The summed E-state index contributed by atoms with van der Waals surface area (Å²) >= 11 is 0. The second-order valence-corrected chi connectivity index (χ2v) is 2.13. The smallest absolute Gasteiger partial charge is 0.178 e. The Morgan fingerprint density at radius 1 is 1.55 bits per heavy atom. The molecule has 0 aliphatic carbocycles. The minimum atomic E-state index is -0.794. The van der Waals surface area contributed by atoms with E-state index in [9.17, 15) is 0 Å². The van der Waals surface area contributed by atoms with Gasteiger partial charge in [0.05, 0.1) is 6.61 Å². The molecule has 0 aromatic carbocycles. The lowest BCUT2D eigenvalue weighted by molar-refractivity contribution is -0.134. The molecule has 0 fully saturated rings. The van der Waals surface area contributed by atoms with Gasteiger partial charge in [-0.05, 0) is 19.9 Å². The number of hydrogen-bond acceptors (Lipinski definition) is 4. The van der Waals surface area contributed by atoms with Crippen molar-refractivity contribution >= 4 is 0 Å². The van der Waals surface area contributed by atoms with Crippen LogP contribution in [0.15, 0.2) is 0 Å². The Labute approximate surface area is 67.3 Å². The van der Waals surface area contributed by atoms with E-state index in [1.807, 2.05) is 6.92 Å². The normalized spacial score (nSPS) is 13.4. The van der Waals surface area contributed by atoms with Crippen molar-refractivity contribution < 1.29 is 14.6 Å². The van der Waals surface area contributed by atoms with Crippen LogP contribution >= 0.6 is 0 Å². The number of nitrogens with two attached hydrogens (primary N) is 1. The molecule has 4 heteroatoms. The van der Waals surface area contributed by atoms with Gasteiger partial charge in [-0.3, -0.25) is 0 Å². The molecule has 11 heavy (non-hydrogen) atoms. The molecule has 0 aliphatic rings. The van der Waals surface area contributed by atoms with Crippen molar-refractivity contribution in [3.8, 4) is 0 Å². The Kier molecular flexibility index (Phi) is 7.83. The molecule has 68 valence electrons. The highest BCUT2D eigenvalue weighted by molar-refractivity contribution is 4.39. The highest BCUT2D eigenvalue weighted by Crippen LogP contribution is 1.88. The lowest BCUT2D eigenvalue weighted by Crippen LogP contribution is -2.19. The largest absolute Gasteiger partial charge is 0.376 e. The molecule has 0 rings (SSSR count). The van der Waals surface area contributed by atoms with Gasteiger partial charge in [-0.2, -0.15) is 0 Å². The van der Waals surface area contributed by atoms with Gasteiger partial charge < -0.3 is 20.3 Å². The minimum absolute atomic E-state index is 0.230. The van der Waals surface area contributed by atoms with Crippen LogP contribution in [0.25, 0.3) is 0 Å². The Hall–Kier alpha value is -0.160. The summed E-state index contributed by atoms with van der Waals surface area (Å²) in [7, 11) is 0. The average molecular weight is 163 g/mol. The van der Waals surface area contributed by atoms with Gasteiger partial charge in [0.1, 0.15) is 0 Å². The van der Waals surface area contributed by atoms with Crippen molar-refractivity contribution in [3.05, 3.63) is 0 Å². The van der Waals surface area contributed by atoms with E-state index in [4.69, 9.17) is 20.3 Å². The predicted molar refractivity (Wildman–Crippen MR) is 42.1 cm³/mol. The maximum atomic E-state index is 8.97. The summed E-state index contributed by atoms with van der Waals surface area (Å²) < 4.78 is 9.85. The van der Waals surface area contributed by atoms with Gasteiger partial charge in [-0.1, -0.05) is 0 Å². The molecule has 3 N–H and O–H groups in total. The van der Waals surface area contributed by atoms with Crippen LogP contribution in [-0.4, -0.2) is 37.8 Å². The number of aliphatic hydroxyl groups is 1. The first-order valence-corrected chi connectivity index (χ1v) is 3.88. The van der Waals surface area contributed by atoms with Gasteiger partial charge in [-0.15, -0.1) is 0 Å². The molecular formula is C7H17NO3. The summed E-state index contributed by atoms with van der Waals surface area (Å²) in [4.78, 5) is 0. The summed E-state index contributed by atoms with van der Waals surface area (Å²) in [6.07, 6.45) is 0.0246. The van der Waals surface area contributed by atoms with E-state index < -0.39 is 6.29 Å². The molecule has 0 radical (unpaired) electrons. The lowest BCUT2D eigenvalue weighted by atomic mass is 10.5. The van der Waals surface area contributed by atoms with Crippen molar-refractivity contribution in [1.29, 1.82) is 0 Å². The number of rotatable bonds is 7. The molecule has 0 saturated carbocycles. The molecule has 0 heterocycles. The van der Waals surface area contributed by atoms with Crippen LogP contribution in [0.5, 0.6) is 0 Å². The summed E-state index contributed by atoms with van der Waals surface area (Å²) in [6, 6.07) is 0. The van der Waals surface area contributed by atoms with Crippen molar-refractivity contribution in [3.63, 3.8) is 0 Å². The van der Waals surface area contributed by atoms with Gasteiger partial charge in [0.25, 0.3) is 0 Å². The first-order chi connectivity index (χ1) is 5.31. The molecule has 0 spiro atoms. The van der Waals surface area contributed by atoms with Crippen molar-refractivity contribution in [1.82, 2.24) is 0 Å². The Bertz CT molecular complexity index is 80.1. The summed E-state index contributed by atoms with van der Waals surface area (Å²) in [6.45, 7) is 3.75. The highest BCUT2D eigenvalue weighted by Gasteiger charge is 2.00. The molecular weight excluding hydrogens is 146 g/mol. The van der Waals surface area contributed by atoms with Crippen LogP contribution in [0.1, 0.15) is 13.3 Å². The maximum absolute atomic E-state index is 8.97. The Morgan fingerprint density at radius 2 is 2.27 bits per heavy atom. The second kappa shape index (κ2) is 7.94. The summed E-state index contributed by atoms with van der Waals surface area (Å²) in [5, 5.41) is 8.97. The zero-order valence-corrected chi connectivity index (χ0v) is 6.95. The molecule has 0 aromatic rings. The Morgan fingerprint density at radius 3 is 2.82 bits per heavy atom. The van der Waals surface area contributed by atoms with Crippen molar-refractivity contribution in [2.45, 2.75) is 19.6 Å². The molecule has 0 saturated heterocycles. The molecule has 0 aromatic heterocycles. The molecule has 4 nitrogen and oxygen atoms in total. The van der Waals surface area contributed by atoms with Crippen LogP contribution in [0.2, 0.25) is 0 Å². The molecule has 0 bridgehead atoms. The zero-order valence-electron chi connectivity index (χ0n) is 6.95. The monoisotopic (exact) mass is 163 g/mol. The van der Waals surface area contributed by atoms with E-state index >= 15 is 0 Å². The fourth-order valence-corrected chi connectivity index (χ4v) is 0.610. The van der Waals surface area contributed by atoms with Crippen molar-refractivity contribution in [2.24, 2.45) is 5.73 Å².